The van der Waals surface area contributed by atoms with E-state index in [0.717, 1.165) is 16.0 Å². The third-order valence-corrected chi connectivity index (χ3v) is 5.30. The first-order chi connectivity index (χ1) is 14.9. The topological polar surface area (TPSA) is 58.6 Å². The van der Waals surface area contributed by atoms with E-state index in [1.165, 1.54) is 24.3 Å². The van der Waals surface area contributed by atoms with Gasteiger partial charge in [-0.2, -0.15) is 0 Å². The Bertz CT molecular complexity index is 1220. The molecule has 6 heteroatoms. The number of methoxy groups -OCH3 is 1. The van der Waals surface area contributed by atoms with Crippen LogP contribution in [0.2, 0.25) is 0 Å². The highest BCUT2D eigenvalue weighted by Gasteiger charge is 2.40. The molecule has 0 radical (unpaired) electrons. The summed E-state index contributed by atoms with van der Waals surface area (Å²) in [6.45, 7) is 3.89. The first-order valence-electron chi connectivity index (χ1n) is 9.76. The number of amides is 2. The van der Waals surface area contributed by atoms with E-state index in [1.54, 1.807) is 37.4 Å². The van der Waals surface area contributed by atoms with Crippen molar-refractivity contribution in [1.82, 2.24) is 0 Å². The van der Waals surface area contributed by atoms with Crippen molar-refractivity contribution in [3.05, 3.63) is 94.9 Å². The first-order valence-corrected chi connectivity index (χ1v) is 9.76. The van der Waals surface area contributed by atoms with Crippen LogP contribution in [-0.2, 0) is 9.59 Å². The Labute approximate surface area is 179 Å². The predicted octanol–water partition coefficient (Wildman–Crippen LogP) is 4.85. The highest BCUT2D eigenvalue weighted by atomic mass is 19.1. The summed E-state index contributed by atoms with van der Waals surface area (Å²) in [4.78, 5) is 28.0. The van der Waals surface area contributed by atoms with Gasteiger partial charge >= 0.3 is 0 Å². The quantitative estimate of drug-likeness (QED) is 0.604. The summed E-state index contributed by atoms with van der Waals surface area (Å²) in [6, 6.07) is 18.0. The van der Waals surface area contributed by atoms with E-state index in [-0.39, 0.29) is 11.3 Å². The number of aryl methyl sites for hydroxylation is 2. The van der Waals surface area contributed by atoms with Crippen molar-refractivity contribution in [1.29, 1.82) is 0 Å². The second kappa shape index (κ2) is 8.07. The minimum absolute atomic E-state index is 0.128. The molecule has 1 aliphatic heterocycles. The maximum Gasteiger partial charge on any atom is 0.282 e. The number of nitrogens with zero attached hydrogens (tertiary/aromatic N) is 1. The number of halogens is 1. The van der Waals surface area contributed by atoms with Crippen molar-refractivity contribution in [3.63, 3.8) is 0 Å². The fraction of sp³-hybridized carbons (Fsp3) is 0.120. The fourth-order valence-electron chi connectivity index (χ4n) is 3.47. The van der Waals surface area contributed by atoms with Crippen molar-refractivity contribution in [2.24, 2.45) is 0 Å². The van der Waals surface area contributed by atoms with Crippen LogP contribution in [0.15, 0.2) is 72.4 Å². The molecule has 31 heavy (non-hydrogen) atoms. The average molecular weight is 416 g/mol. The summed E-state index contributed by atoms with van der Waals surface area (Å²) < 4.78 is 18.7. The molecule has 0 fully saturated rings. The Morgan fingerprint density at radius 1 is 0.871 bits per heavy atom. The van der Waals surface area contributed by atoms with E-state index in [9.17, 15) is 14.0 Å². The lowest BCUT2D eigenvalue weighted by Crippen LogP contribution is -2.32. The first kappa shape index (κ1) is 20.3. The minimum atomic E-state index is -0.476. The average Bonchev–Trinajstić information content (AvgIpc) is 3.00. The highest BCUT2D eigenvalue weighted by Crippen LogP contribution is 2.34. The molecule has 3 aromatic rings. The second-order valence-electron chi connectivity index (χ2n) is 7.33. The van der Waals surface area contributed by atoms with Gasteiger partial charge < -0.3 is 10.1 Å². The van der Waals surface area contributed by atoms with Crippen LogP contribution in [-0.4, -0.2) is 18.9 Å². The van der Waals surface area contributed by atoms with E-state index < -0.39 is 17.6 Å². The van der Waals surface area contributed by atoms with Gasteiger partial charge in [-0.1, -0.05) is 24.3 Å². The predicted molar refractivity (Wildman–Crippen MR) is 118 cm³/mol. The summed E-state index contributed by atoms with van der Waals surface area (Å²) in [5.41, 5.74) is 3.88. The van der Waals surface area contributed by atoms with Gasteiger partial charge in [0.15, 0.2) is 0 Å². The number of hydrogen-bond acceptors (Lipinski definition) is 4. The Hall–Kier alpha value is -3.93. The largest absolute Gasteiger partial charge is 0.497 e. The van der Waals surface area contributed by atoms with Gasteiger partial charge in [0, 0.05) is 11.8 Å². The molecule has 3 aromatic carbocycles. The van der Waals surface area contributed by atoms with Crippen LogP contribution in [0.5, 0.6) is 5.75 Å². The molecule has 2 amide bonds. The van der Waals surface area contributed by atoms with Crippen molar-refractivity contribution in [2.75, 3.05) is 17.3 Å². The molecule has 0 saturated carbocycles. The lowest BCUT2D eigenvalue weighted by Gasteiger charge is -2.17. The van der Waals surface area contributed by atoms with Gasteiger partial charge in [0.25, 0.3) is 11.8 Å². The van der Waals surface area contributed by atoms with E-state index in [4.69, 9.17) is 4.74 Å². The Morgan fingerprint density at radius 3 is 2.29 bits per heavy atom. The van der Waals surface area contributed by atoms with Crippen molar-refractivity contribution < 1.29 is 18.7 Å². The van der Waals surface area contributed by atoms with Gasteiger partial charge in [-0.3, -0.25) is 9.59 Å². The number of hydrogen-bond donors (Lipinski definition) is 1. The molecule has 0 bridgehead atoms. The van der Waals surface area contributed by atoms with Gasteiger partial charge in [-0.25, -0.2) is 9.29 Å². The Morgan fingerprint density at radius 2 is 1.61 bits per heavy atom. The third kappa shape index (κ3) is 3.80. The maximum absolute atomic E-state index is 13.5. The number of nitrogens with one attached hydrogen (secondary N) is 1. The summed E-state index contributed by atoms with van der Waals surface area (Å²) in [5, 5.41) is 3.08. The molecule has 1 N–H and O–H groups in total. The van der Waals surface area contributed by atoms with Crippen LogP contribution < -0.4 is 15.0 Å². The van der Waals surface area contributed by atoms with Crippen LogP contribution in [0.4, 0.5) is 15.8 Å². The number of anilines is 2. The molecule has 0 spiro atoms. The van der Waals surface area contributed by atoms with Gasteiger partial charge in [-0.15, -0.1) is 0 Å². The number of ether oxygens (including phenoxy) is 1. The second-order valence-corrected chi connectivity index (χ2v) is 7.33. The molecule has 0 atom stereocenters. The number of carbonyl (C=O) groups excluding carboxylic acids is 2. The number of rotatable bonds is 5. The zero-order valence-corrected chi connectivity index (χ0v) is 17.4. The summed E-state index contributed by atoms with van der Waals surface area (Å²) >= 11 is 0. The van der Waals surface area contributed by atoms with Crippen LogP contribution in [0.25, 0.3) is 5.57 Å². The molecule has 1 heterocycles. The van der Waals surface area contributed by atoms with E-state index in [2.05, 4.69) is 5.32 Å². The normalized spacial score (nSPS) is 13.7. The lowest BCUT2D eigenvalue weighted by molar-refractivity contribution is -0.120. The summed E-state index contributed by atoms with van der Waals surface area (Å²) in [5.74, 6) is -0.758. The third-order valence-electron chi connectivity index (χ3n) is 5.30. The summed E-state index contributed by atoms with van der Waals surface area (Å²) in [6.07, 6.45) is 0. The fourth-order valence-corrected chi connectivity index (χ4v) is 3.47. The van der Waals surface area contributed by atoms with Gasteiger partial charge in [0.2, 0.25) is 0 Å². The molecule has 156 valence electrons. The SMILES string of the molecule is COc1cccc(NC2=C(c3ccc(F)cc3)C(=O)N(c3ccc(C)c(C)c3)C2=O)c1. The van der Waals surface area contributed by atoms with Gasteiger partial charge in [-0.05, 0) is 66.9 Å². The zero-order chi connectivity index (χ0) is 22.1. The van der Waals surface area contributed by atoms with Crippen LogP contribution in [0.3, 0.4) is 0 Å². The van der Waals surface area contributed by atoms with Crippen molar-refractivity contribution in [3.8, 4) is 5.75 Å². The number of imide groups is 1. The van der Waals surface area contributed by atoms with E-state index in [1.807, 2.05) is 26.0 Å². The smallest absolute Gasteiger partial charge is 0.282 e. The number of carbonyl (C=O) groups is 2. The van der Waals surface area contributed by atoms with E-state index >= 15 is 0 Å². The molecule has 4 rings (SSSR count). The molecule has 1 aliphatic rings. The van der Waals surface area contributed by atoms with E-state index in [0.29, 0.717) is 22.7 Å². The monoisotopic (exact) mass is 416 g/mol. The molecular formula is C25H21FN2O3. The molecule has 0 unspecified atom stereocenters. The van der Waals surface area contributed by atoms with Crippen molar-refractivity contribution >= 4 is 28.8 Å². The zero-order valence-electron chi connectivity index (χ0n) is 17.4. The van der Waals surface area contributed by atoms with Crippen LogP contribution in [0, 0.1) is 19.7 Å². The standard InChI is InChI=1S/C25H21FN2O3/c1-15-7-12-20(13-16(15)2)28-24(29)22(17-8-10-18(26)11-9-17)23(25(28)30)27-19-5-4-6-21(14-19)31-3/h4-14,27H,1-3H3. The van der Waals surface area contributed by atoms with Crippen LogP contribution in [0.1, 0.15) is 16.7 Å². The Balaban J connectivity index is 1.82. The molecule has 0 aromatic heterocycles. The molecule has 5 nitrogen and oxygen atoms in total. The van der Waals surface area contributed by atoms with Crippen LogP contribution >= 0.6 is 0 Å². The molecular weight excluding hydrogens is 395 g/mol. The minimum Gasteiger partial charge on any atom is -0.497 e. The lowest BCUT2D eigenvalue weighted by atomic mass is 10.0. The van der Waals surface area contributed by atoms with Gasteiger partial charge in [0.05, 0.1) is 18.4 Å². The highest BCUT2D eigenvalue weighted by molar-refractivity contribution is 6.46. The maximum atomic E-state index is 13.5. The molecule has 0 saturated heterocycles. The Kier molecular flexibility index (Phi) is 5.29. The van der Waals surface area contributed by atoms with Crippen molar-refractivity contribution in [2.45, 2.75) is 13.8 Å². The van der Waals surface area contributed by atoms with Gasteiger partial charge in [0.1, 0.15) is 17.3 Å². The summed E-state index contributed by atoms with van der Waals surface area (Å²) in [7, 11) is 1.55. The number of benzene rings is 3. The molecule has 0 aliphatic carbocycles.